The molecule has 6 aromatic rings. The molecule has 0 aromatic heterocycles. The number of rotatable bonds is 2. The van der Waals surface area contributed by atoms with Gasteiger partial charge >= 0.3 is 0 Å². The summed E-state index contributed by atoms with van der Waals surface area (Å²) in [5.41, 5.74) is 12.1. The number of hydrogen-bond acceptors (Lipinski definition) is 4. The molecule has 9 rings (SSSR count). The highest BCUT2D eigenvalue weighted by Crippen LogP contribution is 2.61. The molecular weight excluding hydrogens is 578 g/mol. The fourth-order valence-corrected chi connectivity index (χ4v) is 8.34. The molecule has 1 N–H and O–H groups in total. The minimum atomic E-state index is -1.07. The van der Waals surface area contributed by atoms with Crippen LogP contribution in [-0.4, -0.2) is 11.7 Å². The molecule has 4 heteroatoms. The minimum absolute atomic E-state index is 0.00423. The van der Waals surface area contributed by atoms with Gasteiger partial charge in [0, 0.05) is 57.0 Å². The number of nitrogens with zero attached hydrogens (tertiary/aromatic N) is 1. The Kier molecular flexibility index (Phi) is 5.91. The van der Waals surface area contributed by atoms with E-state index in [4.69, 9.17) is 9.47 Å². The van der Waals surface area contributed by atoms with Crippen LogP contribution in [0.25, 0.3) is 21.9 Å². The minimum Gasteiger partial charge on any atom is -0.456 e. The Morgan fingerprint density at radius 3 is 2.26 bits per heavy atom. The van der Waals surface area contributed by atoms with Crippen LogP contribution in [0.3, 0.4) is 0 Å². The lowest BCUT2D eigenvalue weighted by Crippen LogP contribution is -2.33. The van der Waals surface area contributed by atoms with Gasteiger partial charge in [-0.3, -0.25) is 0 Å². The zero-order chi connectivity index (χ0) is 32.2. The van der Waals surface area contributed by atoms with Gasteiger partial charge in [0.25, 0.3) is 0 Å². The van der Waals surface area contributed by atoms with E-state index in [1.807, 2.05) is 18.2 Å². The zero-order valence-electron chi connectivity index (χ0n) is 27.4. The third kappa shape index (κ3) is 3.95. The van der Waals surface area contributed by atoms with Crippen LogP contribution in [0.15, 0.2) is 109 Å². The Bertz CT molecular complexity index is 2280. The van der Waals surface area contributed by atoms with Crippen molar-refractivity contribution in [2.24, 2.45) is 0 Å². The van der Waals surface area contributed by atoms with Crippen molar-refractivity contribution in [1.29, 1.82) is 0 Å². The van der Waals surface area contributed by atoms with Crippen LogP contribution in [0.1, 0.15) is 64.6 Å². The molecule has 232 valence electrons. The Balaban J connectivity index is 1.31. The molecule has 0 radical (unpaired) electrons. The van der Waals surface area contributed by atoms with E-state index in [-0.39, 0.29) is 5.41 Å². The molecule has 0 fully saturated rings. The first-order valence-electron chi connectivity index (χ1n) is 16.5. The summed E-state index contributed by atoms with van der Waals surface area (Å²) in [7, 11) is 0. The van der Waals surface area contributed by atoms with Crippen LogP contribution in [0.5, 0.6) is 11.5 Å². The highest BCUT2D eigenvalue weighted by Gasteiger charge is 2.53. The second kappa shape index (κ2) is 9.80. The number of ether oxygens (including phenoxy) is 2. The fraction of sp³-hybridized carbons (Fsp3) is 0.209. The molecule has 6 aromatic carbocycles. The third-order valence-electron chi connectivity index (χ3n) is 10.5. The molecule has 0 aliphatic carbocycles. The number of aliphatic hydroxyl groups is 1. The maximum atomic E-state index is 11.5. The standard InChI is InChI=1S/C43H37NO3/c1-25-14-17-29(27(3)20-25)33-23-37-40(31-11-7-6-10-30(31)33)46-39-22-28(44-24-42(4,5)36-21-26(2)15-19-38(36)44)16-18-35(39)43(37)34-13-9-8-12-32(34)41(45)47-43/h6-23,41,45H,24H2,1-5H3. The summed E-state index contributed by atoms with van der Waals surface area (Å²) in [5, 5.41) is 13.6. The van der Waals surface area contributed by atoms with Gasteiger partial charge in [0.15, 0.2) is 11.9 Å². The molecule has 3 aliphatic rings. The van der Waals surface area contributed by atoms with Crippen LogP contribution in [-0.2, 0) is 15.8 Å². The Labute approximate surface area is 275 Å². The van der Waals surface area contributed by atoms with Gasteiger partial charge in [-0.05, 0) is 72.7 Å². The van der Waals surface area contributed by atoms with E-state index in [0.29, 0.717) is 0 Å². The Hall–Kier alpha value is -4.90. The second-order valence-corrected chi connectivity index (χ2v) is 14.2. The summed E-state index contributed by atoms with van der Waals surface area (Å²) in [5.74, 6) is 1.50. The number of anilines is 2. The van der Waals surface area contributed by atoms with Gasteiger partial charge in [-0.2, -0.15) is 0 Å². The maximum Gasteiger partial charge on any atom is 0.183 e. The number of benzene rings is 6. The van der Waals surface area contributed by atoms with E-state index in [9.17, 15) is 5.11 Å². The first-order valence-corrected chi connectivity index (χ1v) is 16.5. The monoisotopic (exact) mass is 615 g/mol. The van der Waals surface area contributed by atoms with Crippen molar-refractivity contribution in [3.8, 4) is 22.6 Å². The lowest BCUT2D eigenvalue weighted by molar-refractivity contribution is -0.142. The lowest BCUT2D eigenvalue weighted by atomic mass is 9.75. The van der Waals surface area contributed by atoms with Gasteiger partial charge < -0.3 is 19.5 Å². The molecular formula is C43H37NO3. The first kappa shape index (κ1) is 28.3. The van der Waals surface area contributed by atoms with Crippen molar-refractivity contribution < 1.29 is 14.6 Å². The number of hydrogen-bond donors (Lipinski definition) is 1. The Morgan fingerprint density at radius 1 is 0.681 bits per heavy atom. The molecule has 0 bridgehead atoms. The van der Waals surface area contributed by atoms with Gasteiger partial charge in [0.1, 0.15) is 11.5 Å². The summed E-state index contributed by atoms with van der Waals surface area (Å²) in [6.07, 6.45) is -1.07. The molecule has 0 saturated carbocycles. The van der Waals surface area contributed by atoms with Crippen molar-refractivity contribution in [2.45, 2.75) is 51.9 Å². The Morgan fingerprint density at radius 2 is 1.43 bits per heavy atom. The summed E-state index contributed by atoms with van der Waals surface area (Å²) in [4.78, 5) is 2.40. The van der Waals surface area contributed by atoms with E-state index < -0.39 is 11.9 Å². The smallest absolute Gasteiger partial charge is 0.183 e. The van der Waals surface area contributed by atoms with E-state index in [1.54, 1.807) is 0 Å². The average Bonchev–Trinajstić information content (AvgIpc) is 3.51. The molecule has 3 aliphatic heterocycles. The molecule has 2 atom stereocenters. The first-order chi connectivity index (χ1) is 22.7. The van der Waals surface area contributed by atoms with E-state index in [2.05, 4.69) is 131 Å². The van der Waals surface area contributed by atoms with Crippen molar-refractivity contribution in [3.63, 3.8) is 0 Å². The predicted octanol–water partition coefficient (Wildman–Crippen LogP) is 10.3. The molecule has 4 nitrogen and oxygen atoms in total. The van der Waals surface area contributed by atoms with Gasteiger partial charge in [0.05, 0.1) is 0 Å². The number of aryl methyl sites for hydroxylation is 3. The van der Waals surface area contributed by atoms with E-state index in [1.165, 1.54) is 33.5 Å². The van der Waals surface area contributed by atoms with Crippen LogP contribution < -0.4 is 9.64 Å². The second-order valence-electron chi connectivity index (χ2n) is 14.2. The zero-order valence-corrected chi connectivity index (χ0v) is 27.4. The molecule has 2 unspecified atom stereocenters. The molecule has 3 heterocycles. The molecule has 47 heavy (non-hydrogen) atoms. The van der Waals surface area contributed by atoms with Gasteiger partial charge in [-0.1, -0.05) is 104 Å². The summed E-state index contributed by atoms with van der Waals surface area (Å²) in [6, 6.07) is 38.6. The van der Waals surface area contributed by atoms with E-state index in [0.717, 1.165) is 62.3 Å². The third-order valence-corrected chi connectivity index (χ3v) is 10.5. The molecule has 1 spiro atoms. The highest BCUT2D eigenvalue weighted by atomic mass is 16.6. The molecule has 0 saturated heterocycles. The number of aliphatic hydroxyl groups excluding tert-OH is 1. The van der Waals surface area contributed by atoms with Gasteiger partial charge in [0.2, 0.25) is 0 Å². The fourth-order valence-electron chi connectivity index (χ4n) is 8.34. The maximum absolute atomic E-state index is 11.5. The SMILES string of the molecule is Cc1ccc(-c2cc3c(c4ccccc24)Oc2cc(N4CC(C)(C)c5cc(C)ccc54)ccc2C32OC(O)c3ccccc32)c(C)c1. The normalized spacial score (nSPS) is 20.1. The summed E-state index contributed by atoms with van der Waals surface area (Å²) in [6.45, 7) is 12.0. The van der Waals surface area contributed by atoms with Gasteiger partial charge in [-0.25, -0.2) is 0 Å². The van der Waals surface area contributed by atoms with Crippen molar-refractivity contribution in [2.75, 3.05) is 11.4 Å². The molecule has 0 amide bonds. The van der Waals surface area contributed by atoms with Crippen molar-refractivity contribution >= 4 is 22.1 Å². The van der Waals surface area contributed by atoms with Gasteiger partial charge in [-0.15, -0.1) is 0 Å². The highest BCUT2D eigenvalue weighted by molar-refractivity contribution is 6.03. The largest absolute Gasteiger partial charge is 0.456 e. The van der Waals surface area contributed by atoms with Crippen molar-refractivity contribution in [3.05, 3.63) is 154 Å². The van der Waals surface area contributed by atoms with Crippen LogP contribution in [0, 0.1) is 20.8 Å². The summed E-state index contributed by atoms with van der Waals surface area (Å²) >= 11 is 0. The van der Waals surface area contributed by atoms with Crippen LogP contribution in [0.2, 0.25) is 0 Å². The lowest BCUT2D eigenvalue weighted by Gasteiger charge is -2.39. The van der Waals surface area contributed by atoms with E-state index >= 15 is 0 Å². The predicted molar refractivity (Wildman–Crippen MR) is 189 cm³/mol. The topological polar surface area (TPSA) is 41.9 Å². The number of fused-ring (bicyclic) bond motifs is 9. The summed E-state index contributed by atoms with van der Waals surface area (Å²) < 4.78 is 13.9. The van der Waals surface area contributed by atoms with Crippen molar-refractivity contribution in [1.82, 2.24) is 0 Å². The van der Waals surface area contributed by atoms with Crippen LogP contribution in [0.4, 0.5) is 11.4 Å². The quantitative estimate of drug-likeness (QED) is 0.210. The van der Waals surface area contributed by atoms with Crippen LogP contribution >= 0.6 is 0 Å². The average molecular weight is 616 g/mol.